The summed E-state index contributed by atoms with van der Waals surface area (Å²) in [5, 5.41) is 2.80. The van der Waals surface area contributed by atoms with Crippen molar-refractivity contribution >= 4 is 41.7 Å². The summed E-state index contributed by atoms with van der Waals surface area (Å²) in [7, 11) is 12.5. The van der Waals surface area contributed by atoms with E-state index in [1.54, 1.807) is 0 Å². The first kappa shape index (κ1) is 34.1. The average molecular weight is 487 g/mol. The molecule has 1 aliphatic carbocycles. The van der Waals surface area contributed by atoms with E-state index in [1.807, 2.05) is 13.8 Å². The molecule has 1 amide bonds. The van der Waals surface area contributed by atoms with Crippen LogP contribution in [-0.4, -0.2) is 94.0 Å². The van der Waals surface area contributed by atoms with E-state index in [-0.39, 0.29) is 30.8 Å². The molecule has 1 fully saturated rings. The second-order valence-corrected chi connectivity index (χ2v) is 8.58. The van der Waals surface area contributed by atoms with Gasteiger partial charge < -0.3 is 24.3 Å². The predicted molar refractivity (Wildman–Crippen MR) is 144 cm³/mol. The van der Waals surface area contributed by atoms with Gasteiger partial charge in [0.05, 0.1) is 32.8 Å². The summed E-state index contributed by atoms with van der Waals surface area (Å²) in [5.74, 6) is 0.413. The lowest BCUT2D eigenvalue weighted by atomic mass is 9.40. The largest absolute Gasteiger partial charge is 0.462 e. The number of hydrogen-bond donors (Lipinski definition) is 1. The first-order valence-corrected chi connectivity index (χ1v) is 13.3. The summed E-state index contributed by atoms with van der Waals surface area (Å²) in [4.78, 5) is 23.4. The number of esters is 1. The fourth-order valence-corrected chi connectivity index (χ4v) is 3.68. The minimum atomic E-state index is -0.305. The van der Waals surface area contributed by atoms with E-state index >= 15 is 0 Å². The molecule has 0 unspecified atom stereocenters. The summed E-state index contributed by atoms with van der Waals surface area (Å²) in [6, 6.07) is 0. The van der Waals surface area contributed by atoms with Crippen molar-refractivity contribution in [1.82, 2.24) is 5.32 Å². The molecule has 0 aromatic rings. The van der Waals surface area contributed by atoms with Crippen LogP contribution in [0.4, 0.5) is 0 Å². The standard InChI is InChI=1S/C24H45BNO6.B3/c1-3-22(4-2)32-24(28)12-11-23(27)26-14-8-16-30-18-20-31-19-17-29-15-7-13-25-21-9-5-6-10-21;1-3-2/h21-22H,3-20H2,1-2H3,(H,26,27);. The van der Waals surface area contributed by atoms with Crippen molar-refractivity contribution in [3.05, 3.63) is 0 Å². The molecule has 0 atom stereocenters. The second-order valence-electron chi connectivity index (χ2n) is 8.58. The lowest BCUT2D eigenvalue weighted by molar-refractivity contribution is -0.150. The van der Waals surface area contributed by atoms with Crippen LogP contribution in [0.15, 0.2) is 0 Å². The molecule has 0 aliphatic heterocycles. The molecule has 0 aromatic carbocycles. The van der Waals surface area contributed by atoms with Gasteiger partial charge in [0, 0.05) is 48.7 Å². The topological polar surface area (TPSA) is 83.1 Å². The van der Waals surface area contributed by atoms with E-state index < -0.39 is 0 Å². The second kappa shape index (κ2) is 26.2. The minimum Gasteiger partial charge on any atom is -0.462 e. The Morgan fingerprint density at radius 2 is 1.43 bits per heavy atom. The van der Waals surface area contributed by atoms with Gasteiger partial charge in [0.15, 0.2) is 0 Å². The Kier molecular flexibility index (Phi) is 25.5. The average Bonchev–Trinajstić information content (AvgIpc) is 3.37. The highest BCUT2D eigenvalue weighted by Crippen LogP contribution is 2.29. The van der Waals surface area contributed by atoms with Crippen LogP contribution in [0, 0.1) is 0 Å². The third-order valence-electron chi connectivity index (χ3n) is 5.69. The van der Waals surface area contributed by atoms with Gasteiger partial charge in [-0.2, -0.15) is 0 Å². The number of hydrogen-bond acceptors (Lipinski definition) is 6. The highest BCUT2D eigenvalue weighted by atomic mass is 16.5. The SMILES string of the molecule is CCC(CC)OC(=O)CCC(=O)NCCCOCCOCCOCCC[B]C1CCCC1.[B][B][B]. The number of carbonyl (C=O) groups is 2. The first-order chi connectivity index (χ1) is 17.1. The molecule has 1 N–H and O–H groups in total. The van der Waals surface area contributed by atoms with E-state index in [1.165, 1.54) is 25.7 Å². The molecule has 0 bridgehead atoms. The van der Waals surface area contributed by atoms with E-state index in [4.69, 9.17) is 18.9 Å². The van der Waals surface area contributed by atoms with E-state index in [9.17, 15) is 9.59 Å². The van der Waals surface area contributed by atoms with Gasteiger partial charge in [-0.05, 0) is 25.7 Å². The lowest BCUT2D eigenvalue weighted by Gasteiger charge is -2.13. The Morgan fingerprint density at radius 1 is 0.886 bits per heavy atom. The predicted octanol–water partition coefficient (Wildman–Crippen LogP) is 2.79. The number of amides is 1. The van der Waals surface area contributed by atoms with Gasteiger partial charge in [-0.25, -0.2) is 0 Å². The van der Waals surface area contributed by atoms with E-state index in [2.05, 4.69) is 28.1 Å². The number of nitrogens with one attached hydrogen (secondary N) is 1. The molecule has 1 rings (SSSR count). The fourth-order valence-electron chi connectivity index (χ4n) is 3.68. The Bertz CT molecular complexity index is 495. The van der Waals surface area contributed by atoms with Gasteiger partial charge in [0.25, 0.3) is 0 Å². The van der Waals surface area contributed by atoms with Crippen molar-refractivity contribution in [3.63, 3.8) is 0 Å². The molecule has 1 saturated carbocycles. The Labute approximate surface area is 218 Å². The number of carbonyl (C=O) groups excluding carboxylic acids is 2. The molecule has 1 aliphatic rings. The number of ether oxygens (including phenoxy) is 4. The van der Waals surface area contributed by atoms with Crippen molar-refractivity contribution in [3.8, 4) is 0 Å². The molecule has 6 radical (unpaired) electrons. The van der Waals surface area contributed by atoms with Crippen molar-refractivity contribution in [2.75, 3.05) is 46.2 Å². The molecule has 7 nitrogen and oxygen atoms in total. The third kappa shape index (κ3) is 23.2. The molecular weight excluding hydrogens is 442 g/mol. The van der Waals surface area contributed by atoms with Crippen molar-refractivity contribution < 1.29 is 28.5 Å². The van der Waals surface area contributed by atoms with Gasteiger partial charge in [-0.15, -0.1) is 0 Å². The normalized spacial score (nSPS) is 13.2. The van der Waals surface area contributed by atoms with Gasteiger partial charge in [-0.3, -0.25) is 9.59 Å². The van der Waals surface area contributed by atoms with Crippen LogP contribution in [0.2, 0.25) is 12.1 Å². The maximum Gasteiger partial charge on any atom is 0.306 e. The summed E-state index contributed by atoms with van der Waals surface area (Å²) in [6.07, 6.45) is 10.4. The zero-order chi connectivity index (χ0) is 26.0. The van der Waals surface area contributed by atoms with Gasteiger partial charge in [-0.1, -0.05) is 51.7 Å². The Hall–Kier alpha value is -0.920. The van der Waals surface area contributed by atoms with Crippen LogP contribution < -0.4 is 5.32 Å². The molecule has 0 heterocycles. The van der Waals surface area contributed by atoms with Gasteiger partial charge in [0.1, 0.15) is 13.4 Å². The molecule has 35 heavy (non-hydrogen) atoms. The smallest absolute Gasteiger partial charge is 0.306 e. The summed E-state index contributed by atoms with van der Waals surface area (Å²) in [5.41, 5.74) is 0. The lowest BCUT2D eigenvalue weighted by Crippen LogP contribution is -2.26. The van der Waals surface area contributed by atoms with E-state index in [0.717, 1.165) is 51.5 Å². The van der Waals surface area contributed by atoms with Crippen LogP contribution in [0.5, 0.6) is 0 Å². The summed E-state index contributed by atoms with van der Waals surface area (Å²) < 4.78 is 21.9. The summed E-state index contributed by atoms with van der Waals surface area (Å²) >= 11 is 0. The van der Waals surface area contributed by atoms with Crippen molar-refractivity contribution in [1.29, 1.82) is 0 Å². The maximum absolute atomic E-state index is 11.8. The quantitative estimate of drug-likeness (QED) is 0.153. The van der Waals surface area contributed by atoms with Crippen LogP contribution in [-0.2, 0) is 28.5 Å². The highest BCUT2D eigenvalue weighted by molar-refractivity contribution is 7.17. The first-order valence-electron chi connectivity index (χ1n) is 13.3. The molecule has 0 saturated heterocycles. The Morgan fingerprint density at radius 3 is 2.00 bits per heavy atom. The van der Waals surface area contributed by atoms with Crippen molar-refractivity contribution in [2.24, 2.45) is 0 Å². The molecule has 0 spiro atoms. The Balaban J connectivity index is 0.00000365. The zero-order valence-electron chi connectivity index (χ0n) is 22.1. The van der Waals surface area contributed by atoms with Gasteiger partial charge in [0.2, 0.25) is 5.91 Å². The van der Waals surface area contributed by atoms with Crippen LogP contribution in [0.3, 0.4) is 0 Å². The summed E-state index contributed by atoms with van der Waals surface area (Å²) in [6.45, 7) is 8.16. The van der Waals surface area contributed by atoms with Crippen LogP contribution in [0.25, 0.3) is 0 Å². The molecule has 0 aromatic heterocycles. The monoisotopic (exact) mass is 487 g/mol. The highest BCUT2D eigenvalue weighted by Gasteiger charge is 2.15. The maximum atomic E-state index is 11.8. The minimum absolute atomic E-state index is 0.0473. The van der Waals surface area contributed by atoms with Crippen LogP contribution in [0.1, 0.15) is 78.1 Å². The zero-order valence-corrected chi connectivity index (χ0v) is 22.1. The van der Waals surface area contributed by atoms with E-state index in [0.29, 0.717) is 39.6 Å². The van der Waals surface area contributed by atoms with Gasteiger partial charge >= 0.3 is 5.97 Å². The fraction of sp³-hybridized carbons (Fsp3) is 0.917. The third-order valence-corrected chi connectivity index (χ3v) is 5.69. The number of rotatable bonds is 21. The van der Waals surface area contributed by atoms with Crippen molar-refractivity contribution in [2.45, 2.75) is 96.3 Å². The molecule has 194 valence electrons. The molecule has 11 heteroatoms. The molecular formula is C24H45B4NO6. The van der Waals surface area contributed by atoms with Crippen LogP contribution >= 0.6 is 0 Å².